The summed E-state index contributed by atoms with van der Waals surface area (Å²) in [5.41, 5.74) is 1.24. The first-order valence-electron chi connectivity index (χ1n) is 9.59. The van der Waals surface area contributed by atoms with Crippen molar-refractivity contribution in [3.63, 3.8) is 0 Å². The van der Waals surface area contributed by atoms with Gasteiger partial charge in [0, 0.05) is 19.4 Å². The van der Waals surface area contributed by atoms with Crippen molar-refractivity contribution in [1.29, 1.82) is 0 Å². The van der Waals surface area contributed by atoms with Crippen molar-refractivity contribution in [3.05, 3.63) is 48.0 Å². The Labute approximate surface area is 155 Å². The van der Waals surface area contributed by atoms with Crippen molar-refractivity contribution in [2.45, 2.75) is 51.9 Å². The van der Waals surface area contributed by atoms with Crippen molar-refractivity contribution in [3.8, 4) is 0 Å². The van der Waals surface area contributed by atoms with Crippen LogP contribution in [0.25, 0.3) is 10.8 Å². The summed E-state index contributed by atoms with van der Waals surface area (Å²) < 4.78 is 5.14. The number of carbonyl (C=O) groups excluding carboxylic acids is 2. The molecule has 0 aliphatic rings. The topological polar surface area (TPSA) is 55.4 Å². The SMILES string of the molecule is CCCCCOC(=O)CCCC(=O)NCCc1cccc2ccccc12. The Morgan fingerprint density at radius 2 is 1.77 bits per heavy atom. The quantitative estimate of drug-likeness (QED) is 0.480. The van der Waals surface area contributed by atoms with Gasteiger partial charge in [0.2, 0.25) is 5.91 Å². The second kappa shape index (κ2) is 11.3. The lowest BCUT2D eigenvalue weighted by molar-refractivity contribution is -0.143. The van der Waals surface area contributed by atoms with E-state index in [2.05, 4.69) is 36.5 Å². The number of unbranched alkanes of at least 4 members (excludes halogenated alkanes) is 2. The second-order valence-corrected chi connectivity index (χ2v) is 6.52. The number of hydrogen-bond acceptors (Lipinski definition) is 3. The van der Waals surface area contributed by atoms with Crippen LogP contribution in [0.2, 0.25) is 0 Å². The van der Waals surface area contributed by atoms with Crippen LogP contribution in [0.1, 0.15) is 51.0 Å². The molecule has 4 heteroatoms. The molecule has 0 unspecified atom stereocenters. The molecule has 0 radical (unpaired) electrons. The van der Waals surface area contributed by atoms with Gasteiger partial charge in [-0.1, -0.05) is 62.2 Å². The molecule has 26 heavy (non-hydrogen) atoms. The molecule has 1 N–H and O–H groups in total. The van der Waals surface area contributed by atoms with Gasteiger partial charge in [-0.05, 0) is 35.6 Å². The van der Waals surface area contributed by atoms with Crippen LogP contribution in [0.15, 0.2) is 42.5 Å². The molecule has 0 saturated carbocycles. The summed E-state index contributed by atoms with van der Waals surface area (Å²) >= 11 is 0. The first-order chi connectivity index (χ1) is 12.7. The largest absolute Gasteiger partial charge is 0.466 e. The Morgan fingerprint density at radius 3 is 2.62 bits per heavy atom. The number of nitrogens with one attached hydrogen (secondary N) is 1. The molecule has 0 bridgehead atoms. The predicted octanol–water partition coefficient (Wildman–Crippen LogP) is 4.40. The molecule has 0 aliphatic heterocycles. The average Bonchev–Trinajstić information content (AvgIpc) is 2.65. The summed E-state index contributed by atoms with van der Waals surface area (Å²) in [4.78, 5) is 23.5. The van der Waals surface area contributed by atoms with Crippen molar-refractivity contribution in [2.24, 2.45) is 0 Å². The maximum absolute atomic E-state index is 11.9. The average molecular weight is 355 g/mol. The van der Waals surface area contributed by atoms with Crippen molar-refractivity contribution >= 4 is 22.6 Å². The van der Waals surface area contributed by atoms with Gasteiger partial charge in [0.15, 0.2) is 0 Å². The summed E-state index contributed by atoms with van der Waals surface area (Å²) in [5, 5.41) is 5.39. The third-order valence-electron chi connectivity index (χ3n) is 4.39. The van der Waals surface area contributed by atoms with Crippen LogP contribution in [0.5, 0.6) is 0 Å². The molecule has 140 valence electrons. The van der Waals surface area contributed by atoms with Crippen molar-refractivity contribution in [2.75, 3.05) is 13.2 Å². The van der Waals surface area contributed by atoms with E-state index in [1.54, 1.807) is 0 Å². The Kier molecular flexibility index (Phi) is 8.67. The van der Waals surface area contributed by atoms with Crippen molar-refractivity contribution < 1.29 is 14.3 Å². The van der Waals surface area contributed by atoms with Gasteiger partial charge in [-0.2, -0.15) is 0 Å². The maximum atomic E-state index is 11.9. The molecule has 4 nitrogen and oxygen atoms in total. The van der Waals surface area contributed by atoms with E-state index in [0.717, 1.165) is 25.7 Å². The predicted molar refractivity (Wildman–Crippen MR) is 105 cm³/mol. The van der Waals surface area contributed by atoms with Gasteiger partial charge in [0.1, 0.15) is 0 Å². The number of benzene rings is 2. The molecule has 0 spiro atoms. The first-order valence-corrected chi connectivity index (χ1v) is 9.59. The number of fused-ring (bicyclic) bond motifs is 1. The first kappa shape index (κ1) is 20.0. The van der Waals surface area contributed by atoms with Gasteiger partial charge in [-0.15, -0.1) is 0 Å². The molecule has 2 aromatic carbocycles. The molecule has 0 saturated heterocycles. The molecular weight excluding hydrogens is 326 g/mol. The third-order valence-corrected chi connectivity index (χ3v) is 4.39. The normalized spacial score (nSPS) is 10.7. The number of ether oxygens (including phenoxy) is 1. The lowest BCUT2D eigenvalue weighted by atomic mass is 10.0. The molecule has 2 aromatic rings. The van der Waals surface area contributed by atoms with Crippen LogP contribution in [0.4, 0.5) is 0 Å². The van der Waals surface area contributed by atoms with E-state index < -0.39 is 0 Å². The molecule has 0 heterocycles. The number of carbonyl (C=O) groups is 2. The lowest BCUT2D eigenvalue weighted by Gasteiger charge is -2.08. The fourth-order valence-electron chi connectivity index (χ4n) is 2.94. The van der Waals surface area contributed by atoms with E-state index >= 15 is 0 Å². The van der Waals surface area contributed by atoms with E-state index in [9.17, 15) is 9.59 Å². The minimum absolute atomic E-state index is 0.0102. The van der Waals surface area contributed by atoms with Crippen LogP contribution in [-0.4, -0.2) is 25.0 Å². The molecular formula is C22H29NO3. The van der Waals surface area contributed by atoms with Crippen LogP contribution < -0.4 is 5.32 Å². The number of rotatable bonds is 11. The molecule has 0 fully saturated rings. The Morgan fingerprint density at radius 1 is 0.962 bits per heavy atom. The fourth-order valence-corrected chi connectivity index (χ4v) is 2.94. The standard InChI is InChI=1S/C22H29NO3/c1-2-3-6-17-26-22(25)14-8-13-21(24)23-16-15-19-11-7-10-18-9-4-5-12-20(18)19/h4-5,7,9-12H,2-3,6,8,13-17H2,1H3,(H,23,24). The number of hydrogen-bond donors (Lipinski definition) is 1. The van der Waals surface area contributed by atoms with E-state index in [-0.39, 0.29) is 11.9 Å². The summed E-state index contributed by atoms with van der Waals surface area (Å²) in [5.74, 6) is -0.214. The van der Waals surface area contributed by atoms with E-state index in [0.29, 0.717) is 32.4 Å². The summed E-state index contributed by atoms with van der Waals surface area (Å²) in [6, 6.07) is 14.5. The van der Waals surface area contributed by atoms with Crippen LogP contribution in [0, 0.1) is 0 Å². The zero-order valence-electron chi connectivity index (χ0n) is 15.6. The second-order valence-electron chi connectivity index (χ2n) is 6.52. The van der Waals surface area contributed by atoms with Gasteiger partial charge in [-0.3, -0.25) is 9.59 Å². The minimum atomic E-state index is -0.204. The maximum Gasteiger partial charge on any atom is 0.305 e. The highest BCUT2D eigenvalue weighted by molar-refractivity contribution is 5.85. The number of esters is 1. The molecule has 0 aliphatic carbocycles. The Bertz CT molecular complexity index is 706. The molecule has 1 amide bonds. The Balaban J connectivity index is 1.62. The highest BCUT2D eigenvalue weighted by atomic mass is 16.5. The zero-order valence-corrected chi connectivity index (χ0v) is 15.6. The summed E-state index contributed by atoms with van der Waals surface area (Å²) in [6.45, 7) is 3.21. The minimum Gasteiger partial charge on any atom is -0.466 e. The summed E-state index contributed by atoms with van der Waals surface area (Å²) in [7, 11) is 0. The van der Waals surface area contributed by atoms with E-state index in [4.69, 9.17) is 4.74 Å². The number of amides is 1. The smallest absolute Gasteiger partial charge is 0.305 e. The van der Waals surface area contributed by atoms with E-state index in [1.165, 1.54) is 16.3 Å². The highest BCUT2D eigenvalue weighted by Gasteiger charge is 2.07. The fraction of sp³-hybridized carbons (Fsp3) is 0.455. The highest BCUT2D eigenvalue weighted by Crippen LogP contribution is 2.18. The van der Waals surface area contributed by atoms with Gasteiger partial charge in [0.05, 0.1) is 6.61 Å². The Hall–Kier alpha value is -2.36. The van der Waals surface area contributed by atoms with Crippen LogP contribution in [0.3, 0.4) is 0 Å². The van der Waals surface area contributed by atoms with Crippen LogP contribution in [-0.2, 0) is 20.7 Å². The monoisotopic (exact) mass is 355 g/mol. The zero-order chi connectivity index (χ0) is 18.6. The van der Waals surface area contributed by atoms with Crippen molar-refractivity contribution in [1.82, 2.24) is 5.32 Å². The third kappa shape index (κ3) is 6.87. The van der Waals surface area contributed by atoms with Crippen LogP contribution >= 0.6 is 0 Å². The molecule has 2 rings (SSSR count). The van der Waals surface area contributed by atoms with E-state index in [1.807, 2.05) is 18.2 Å². The van der Waals surface area contributed by atoms with Gasteiger partial charge >= 0.3 is 5.97 Å². The van der Waals surface area contributed by atoms with Gasteiger partial charge < -0.3 is 10.1 Å². The molecule has 0 atom stereocenters. The van der Waals surface area contributed by atoms with Gasteiger partial charge in [0.25, 0.3) is 0 Å². The summed E-state index contributed by atoms with van der Waals surface area (Å²) in [6.07, 6.45) is 5.10. The lowest BCUT2D eigenvalue weighted by Crippen LogP contribution is -2.25. The van der Waals surface area contributed by atoms with Gasteiger partial charge in [-0.25, -0.2) is 0 Å². The molecule has 0 aromatic heterocycles.